The van der Waals surface area contributed by atoms with Crippen LogP contribution in [-0.2, 0) is 6.42 Å². The average Bonchev–Trinajstić information content (AvgIpc) is 2.32. The summed E-state index contributed by atoms with van der Waals surface area (Å²) in [5.41, 5.74) is 1.47. The Bertz CT molecular complexity index is 276. The molecule has 1 unspecified atom stereocenters. The van der Waals surface area contributed by atoms with E-state index in [0.717, 1.165) is 5.92 Å². The summed E-state index contributed by atoms with van der Waals surface area (Å²) in [6.45, 7) is 4.60. The highest BCUT2D eigenvalue weighted by Crippen LogP contribution is 2.20. The SMILES string of the molecule is CCCCC(CC)CCc1ccc(Br)cc1. The summed E-state index contributed by atoms with van der Waals surface area (Å²) in [6.07, 6.45) is 8.03. The van der Waals surface area contributed by atoms with Gasteiger partial charge in [0.2, 0.25) is 0 Å². The third-order valence-corrected chi connectivity index (χ3v) is 3.83. The molecule has 0 fully saturated rings. The molecule has 0 heterocycles. The van der Waals surface area contributed by atoms with Gasteiger partial charge in [-0.15, -0.1) is 0 Å². The van der Waals surface area contributed by atoms with Crippen LogP contribution in [0.4, 0.5) is 0 Å². The van der Waals surface area contributed by atoms with Crippen LogP contribution in [0.2, 0.25) is 0 Å². The quantitative estimate of drug-likeness (QED) is 0.611. The molecule has 1 aromatic carbocycles. The number of aryl methyl sites for hydroxylation is 1. The second-order valence-electron chi connectivity index (χ2n) is 4.58. The average molecular weight is 283 g/mol. The third-order valence-electron chi connectivity index (χ3n) is 3.30. The summed E-state index contributed by atoms with van der Waals surface area (Å²) < 4.78 is 1.18. The highest BCUT2D eigenvalue weighted by Gasteiger charge is 2.05. The van der Waals surface area contributed by atoms with Crippen LogP contribution in [0.25, 0.3) is 0 Å². The highest BCUT2D eigenvalue weighted by atomic mass is 79.9. The first-order valence-electron chi connectivity index (χ1n) is 6.50. The predicted octanol–water partition coefficient (Wildman–Crippen LogP) is 5.60. The van der Waals surface area contributed by atoms with Gasteiger partial charge in [0.1, 0.15) is 0 Å². The van der Waals surface area contributed by atoms with Gasteiger partial charge in [0.05, 0.1) is 0 Å². The molecular formula is C15H23Br. The van der Waals surface area contributed by atoms with Crippen LogP contribution in [0.3, 0.4) is 0 Å². The summed E-state index contributed by atoms with van der Waals surface area (Å²) in [7, 11) is 0. The lowest BCUT2D eigenvalue weighted by Gasteiger charge is -2.14. The molecule has 0 radical (unpaired) electrons. The standard InChI is InChI=1S/C15H23Br/c1-3-5-6-13(4-2)7-8-14-9-11-15(16)12-10-14/h9-13H,3-8H2,1-2H3. The van der Waals surface area contributed by atoms with Gasteiger partial charge < -0.3 is 0 Å². The Morgan fingerprint density at radius 2 is 1.75 bits per heavy atom. The lowest BCUT2D eigenvalue weighted by molar-refractivity contribution is 0.422. The summed E-state index contributed by atoms with van der Waals surface area (Å²) in [4.78, 5) is 0. The van der Waals surface area contributed by atoms with Gasteiger partial charge in [-0.25, -0.2) is 0 Å². The summed E-state index contributed by atoms with van der Waals surface area (Å²) in [5, 5.41) is 0. The maximum atomic E-state index is 3.47. The molecule has 0 nitrogen and oxygen atoms in total. The number of halogens is 1. The molecule has 0 aliphatic carbocycles. The van der Waals surface area contributed by atoms with E-state index in [2.05, 4.69) is 54.0 Å². The topological polar surface area (TPSA) is 0 Å². The molecule has 1 heteroatoms. The van der Waals surface area contributed by atoms with Crippen molar-refractivity contribution in [3.8, 4) is 0 Å². The second kappa shape index (κ2) is 7.89. The summed E-state index contributed by atoms with van der Waals surface area (Å²) >= 11 is 3.47. The van der Waals surface area contributed by atoms with E-state index in [1.807, 2.05) is 0 Å². The van der Waals surface area contributed by atoms with Crippen molar-refractivity contribution < 1.29 is 0 Å². The molecule has 0 aliphatic heterocycles. The first-order chi connectivity index (χ1) is 7.76. The number of benzene rings is 1. The lowest BCUT2D eigenvalue weighted by atomic mass is 9.92. The Labute approximate surface area is 109 Å². The third kappa shape index (κ3) is 5.16. The van der Waals surface area contributed by atoms with Crippen molar-refractivity contribution in [2.45, 2.75) is 52.4 Å². The van der Waals surface area contributed by atoms with Crippen LogP contribution in [0.5, 0.6) is 0 Å². The van der Waals surface area contributed by atoms with Crippen molar-refractivity contribution in [2.75, 3.05) is 0 Å². The fourth-order valence-electron chi connectivity index (χ4n) is 2.07. The van der Waals surface area contributed by atoms with Crippen molar-refractivity contribution in [1.82, 2.24) is 0 Å². The maximum Gasteiger partial charge on any atom is 0.0175 e. The smallest absolute Gasteiger partial charge is 0.0175 e. The Hall–Kier alpha value is -0.300. The van der Waals surface area contributed by atoms with Crippen LogP contribution in [-0.4, -0.2) is 0 Å². The molecule has 0 spiro atoms. The first-order valence-corrected chi connectivity index (χ1v) is 7.30. The zero-order valence-electron chi connectivity index (χ0n) is 10.5. The number of rotatable bonds is 7. The normalized spacial score (nSPS) is 12.7. The van der Waals surface area contributed by atoms with Gasteiger partial charge in [0.15, 0.2) is 0 Å². The minimum absolute atomic E-state index is 0.920. The van der Waals surface area contributed by atoms with Crippen LogP contribution in [0, 0.1) is 5.92 Å². The number of hydrogen-bond acceptors (Lipinski definition) is 0. The van der Waals surface area contributed by atoms with Gasteiger partial charge in [-0.3, -0.25) is 0 Å². The molecule has 16 heavy (non-hydrogen) atoms. The highest BCUT2D eigenvalue weighted by molar-refractivity contribution is 9.10. The predicted molar refractivity (Wildman–Crippen MR) is 75.8 cm³/mol. The Morgan fingerprint density at radius 1 is 1.06 bits per heavy atom. The molecule has 1 rings (SSSR count). The van der Waals surface area contributed by atoms with Gasteiger partial charge in [-0.05, 0) is 36.5 Å². The van der Waals surface area contributed by atoms with E-state index in [4.69, 9.17) is 0 Å². The molecule has 0 bridgehead atoms. The largest absolute Gasteiger partial charge is 0.0654 e. The Kier molecular flexibility index (Phi) is 6.79. The van der Waals surface area contributed by atoms with Gasteiger partial charge in [-0.1, -0.05) is 67.6 Å². The fourth-order valence-corrected chi connectivity index (χ4v) is 2.33. The summed E-state index contributed by atoms with van der Waals surface area (Å²) in [5.74, 6) is 0.920. The van der Waals surface area contributed by atoms with Crippen molar-refractivity contribution in [1.29, 1.82) is 0 Å². The first kappa shape index (κ1) is 13.8. The van der Waals surface area contributed by atoms with E-state index in [1.165, 1.54) is 48.6 Å². The number of hydrogen-bond donors (Lipinski definition) is 0. The van der Waals surface area contributed by atoms with E-state index in [-0.39, 0.29) is 0 Å². The van der Waals surface area contributed by atoms with Crippen molar-refractivity contribution in [3.05, 3.63) is 34.3 Å². The van der Waals surface area contributed by atoms with Crippen LogP contribution < -0.4 is 0 Å². The minimum Gasteiger partial charge on any atom is -0.0654 e. The fraction of sp³-hybridized carbons (Fsp3) is 0.600. The van der Waals surface area contributed by atoms with Crippen LogP contribution in [0.1, 0.15) is 51.5 Å². The zero-order valence-corrected chi connectivity index (χ0v) is 12.1. The van der Waals surface area contributed by atoms with Gasteiger partial charge >= 0.3 is 0 Å². The molecule has 90 valence electrons. The van der Waals surface area contributed by atoms with Gasteiger partial charge in [0.25, 0.3) is 0 Å². The Balaban J connectivity index is 2.34. The van der Waals surface area contributed by atoms with Gasteiger partial charge in [-0.2, -0.15) is 0 Å². The van der Waals surface area contributed by atoms with E-state index < -0.39 is 0 Å². The minimum atomic E-state index is 0.920. The zero-order chi connectivity index (χ0) is 11.8. The molecule has 1 atom stereocenters. The van der Waals surface area contributed by atoms with E-state index >= 15 is 0 Å². The maximum absolute atomic E-state index is 3.47. The van der Waals surface area contributed by atoms with Crippen LogP contribution >= 0.6 is 15.9 Å². The van der Waals surface area contributed by atoms with Gasteiger partial charge in [0, 0.05) is 4.47 Å². The van der Waals surface area contributed by atoms with E-state index in [0.29, 0.717) is 0 Å². The molecule has 0 saturated carbocycles. The molecule has 0 saturated heterocycles. The van der Waals surface area contributed by atoms with E-state index in [1.54, 1.807) is 0 Å². The summed E-state index contributed by atoms with van der Waals surface area (Å²) in [6, 6.07) is 8.75. The number of unbranched alkanes of at least 4 members (excludes halogenated alkanes) is 1. The van der Waals surface area contributed by atoms with Crippen molar-refractivity contribution >= 4 is 15.9 Å². The van der Waals surface area contributed by atoms with E-state index in [9.17, 15) is 0 Å². The van der Waals surface area contributed by atoms with Crippen molar-refractivity contribution in [2.24, 2.45) is 5.92 Å². The molecule has 0 aromatic heterocycles. The second-order valence-corrected chi connectivity index (χ2v) is 5.50. The lowest BCUT2D eigenvalue weighted by Crippen LogP contribution is -2.01. The Morgan fingerprint density at radius 3 is 2.31 bits per heavy atom. The van der Waals surface area contributed by atoms with Crippen LogP contribution in [0.15, 0.2) is 28.7 Å². The van der Waals surface area contributed by atoms with Crippen molar-refractivity contribution in [3.63, 3.8) is 0 Å². The molecule has 1 aromatic rings. The monoisotopic (exact) mass is 282 g/mol. The molecule has 0 amide bonds. The molecule has 0 aliphatic rings. The molecular weight excluding hydrogens is 260 g/mol. The molecule has 0 N–H and O–H groups in total.